The molecule has 0 aromatic rings. The van der Waals surface area contributed by atoms with E-state index in [1.54, 1.807) is 6.92 Å². The summed E-state index contributed by atoms with van der Waals surface area (Å²) in [6.07, 6.45) is 3.06. The Morgan fingerprint density at radius 3 is 2.71 bits per heavy atom. The van der Waals surface area contributed by atoms with Crippen molar-refractivity contribution in [1.29, 1.82) is 0 Å². The zero-order chi connectivity index (χ0) is 12.9. The van der Waals surface area contributed by atoms with Crippen LogP contribution < -0.4 is 5.32 Å². The highest BCUT2D eigenvalue weighted by Crippen LogP contribution is 2.25. The maximum atomic E-state index is 12.0. The van der Waals surface area contributed by atoms with E-state index < -0.39 is 11.6 Å². The first-order valence-corrected chi connectivity index (χ1v) is 6.14. The van der Waals surface area contributed by atoms with Crippen LogP contribution in [-0.2, 0) is 14.3 Å². The molecule has 0 aromatic heterocycles. The smallest absolute Gasteiger partial charge is 0.305 e. The van der Waals surface area contributed by atoms with Gasteiger partial charge in [-0.2, -0.15) is 0 Å². The number of rotatable bonds is 6. The van der Waals surface area contributed by atoms with Crippen molar-refractivity contribution in [2.24, 2.45) is 0 Å². The summed E-state index contributed by atoms with van der Waals surface area (Å²) in [5, 5.41) is 11.6. The Kier molecular flexibility index (Phi) is 4.93. The van der Waals surface area contributed by atoms with Crippen molar-refractivity contribution in [1.82, 2.24) is 5.32 Å². The normalized spacial score (nSPS) is 25.5. The minimum absolute atomic E-state index is 0.0321. The lowest BCUT2D eigenvalue weighted by atomic mass is 10.00. The topological polar surface area (TPSA) is 75.6 Å². The van der Waals surface area contributed by atoms with Gasteiger partial charge in [0.2, 0.25) is 0 Å². The van der Waals surface area contributed by atoms with Gasteiger partial charge >= 0.3 is 5.97 Å². The van der Waals surface area contributed by atoms with E-state index in [9.17, 15) is 9.59 Å². The molecule has 17 heavy (non-hydrogen) atoms. The molecule has 1 saturated heterocycles. The molecular formula is C12H21NO4. The van der Waals surface area contributed by atoms with E-state index in [0.717, 1.165) is 12.8 Å². The van der Waals surface area contributed by atoms with Crippen LogP contribution in [0.5, 0.6) is 0 Å². The molecule has 0 aromatic carbocycles. The van der Waals surface area contributed by atoms with Crippen molar-refractivity contribution < 1.29 is 19.4 Å². The Balaban J connectivity index is 2.53. The fraction of sp³-hybridized carbons (Fsp3) is 0.833. The molecule has 1 fully saturated rings. The first-order chi connectivity index (χ1) is 7.98. The van der Waals surface area contributed by atoms with Crippen LogP contribution in [0.4, 0.5) is 0 Å². The number of carbonyl (C=O) groups excluding carboxylic acids is 1. The van der Waals surface area contributed by atoms with Crippen LogP contribution in [0.15, 0.2) is 0 Å². The molecule has 0 radical (unpaired) electrons. The molecule has 5 nitrogen and oxygen atoms in total. The first kappa shape index (κ1) is 14.0. The molecule has 0 spiro atoms. The highest BCUT2D eigenvalue weighted by Gasteiger charge is 2.38. The molecule has 98 valence electrons. The van der Waals surface area contributed by atoms with Crippen molar-refractivity contribution >= 4 is 11.9 Å². The van der Waals surface area contributed by atoms with Crippen molar-refractivity contribution in [2.75, 3.05) is 6.61 Å². The summed E-state index contributed by atoms with van der Waals surface area (Å²) in [5.41, 5.74) is -0.773. The Hall–Kier alpha value is -1.10. The minimum Gasteiger partial charge on any atom is -0.481 e. The first-order valence-electron chi connectivity index (χ1n) is 6.14. The summed E-state index contributed by atoms with van der Waals surface area (Å²) >= 11 is 0. The number of nitrogens with one attached hydrogen (secondary N) is 1. The average molecular weight is 243 g/mol. The molecular weight excluding hydrogens is 222 g/mol. The summed E-state index contributed by atoms with van der Waals surface area (Å²) in [4.78, 5) is 22.7. The largest absolute Gasteiger partial charge is 0.481 e. The number of ether oxygens (including phenoxy) is 1. The summed E-state index contributed by atoms with van der Waals surface area (Å²) in [7, 11) is 0. The quantitative estimate of drug-likeness (QED) is 0.737. The predicted octanol–water partition coefficient (Wildman–Crippen LogP) is 1.32. The average Bonchev–Trinajstić information content (AvgIpc) is 2.66. The summed E-state index contributed by atoms with van der Waals surface area (Å²) in [6.45, 7) is 4.33. The number of aliphatic carboxylic acids is 1. The second-order valence-corrected chi connectivity index (χ2v) is 4.74. The van der Waals surface area contributed by atoms with E-state index in [1.807, 2.05) is 6.92 Å². The molecule has 1 aliphatic heterocycles. The van der Waals surface area contributed by atoms with Gasteiger partial charge in [-0.15, -0.1) is 0 Å². The standard InChI is InChI=1S/C12H21NO4/c1-3-5-9(8-10(14)15)13-11(16)12(2)6-4-7-17-12/h9H,3-8H2,1-2H3,(H,13,16)(H,14,15). The van der Waals surface area contributed by atoms with E-state index in [-0.39, 0.29) is 18.4 Å². The van der Waals surface area contributed by atoms with Crippen LogP contribution in [0.2, 0.25) is 0 Å². The fourth-order valence-electron chi connectivity index (χ4n) is 2.08. The molecule has 2 atom stereocenters. The van der Waals surface area contributed by atoms with Gasteiger partial charge in [-0.1, -0.05) is 13.3 Å². The van der Waals surface area contributed by atoms with E-state index >= 15 is 0 Å². The SMILES string of the molecule is CCCC(CC(=O)O)NC(=O)C1(C)CCCO1. The molecule has 1 heterocycles. The number of carbonyl (C=O) groups is 2. The van der Waals surface area contributed by atoms with Crippen molar-refractivity contribution in [3.8, 4) is 0 Å². The van der Waals surface area contributed by atoms with Crippen molar-refractivity contribution in [3.05, 3.63) is 0 Å². The van der Waals surface area contributed by atoms with Crippen LogP contribution in [0, 0.1) is 0 Å². The van der Waals surface area contributed by atoms with Gasteiger partial charge in [-0.3, -0.25) is 9.59 Å². The van der Waals surface area contributed by atoms with Gasteiger partial charge in [0.05, 0.1) is 6.42 Å². The van der Waals surface area contributed by atoms with Gasteiger partial charge in [0.1, 0.15) is 5.60 Å². The van der Waals surface area contributed by atoms with E-state index in [1.165, 1.54) is 0 Å². The van der Waals surface area contributed by atoms with Crippen LogP contribution >= 0.6 is 0 Å². The van der Waals surface area contributed by atoms with Crippen molar-refractivity contribution in [2.45, 2.75) is 57.6 Å². The highest BCUT2D eigenvalue weighted by molar-refractivity contribution is 5.85. The summed E-state index contributed by atoms with van der Waals surface area (Å²) in [6, 6.07) is -0.300. The van der Waals surface area contributed by atoms with Gasteiger partial charge in [-0.05, 0) is 26.2 Å². The molecule has 5 heteroatoms. The van der Waals surface area contributed by atoms with Gasteiger partial charge in [0.25, 0.3) is 5.91 Å². The lowest BCUT2D eigenvalue weighted by Gasteiger charge is -2.25. The van der Waals surface area contributed by atoms with Gasteiger partial charge in [0.15, 0.2) is 0 Å². The lowest BCUT2D eigenvalue weighted by Crippen LogP contribution is -2.48. The molecule has 0 aliphatic carbocycles. The predicted molar refractivity (Wildman–Crippen MR) is 62.7 cm³/mol. The third kappa shape index (κ3) is 4.00. The minimum atomic E-state index is -0.888. The number of amides is 1. The van der Waals surface area contributed by atoms with Crippen LogP contribution in [0.25, 0.3) is 0 Å². The fourth-order valence-corrected chi connectivity index (χ4v) is 2.08. The summed E-state index contributed by atoms with van der Waals surface area (Å²) in [5.74, 6) is -1.07. The third-order valence-electron chi connectivity index (χ3n) is 3.09. The molecule has 2 N–H and O–H groups in total. The highest BCUT2D eigenvalue weighted by atomic mass is 16.5. The van der Waals surface area contributed by atoms with Gasteiger partial charge in [-0.25, -0.2) is 0 Å². The summed E-state index contributed by atoms with van der Waals surface area (Å²) < 4.78 is 5.43. The molecule has 0 bridgehead atoms. The van der Waals surface area contributed by atoms with Crippen LogP contribution in [-0.4, -0.2) is 35.2 Å². The van der Waals surface area contributed by atoms with Gasteiger partial charge < -0.3 is 15.2 Å². The maximum Gasteiger partial charge on any atom is 0.305 e. The Morgan fingerprint density at radius 1 is 1.53 bits per heavy atom. The lowest BCUT2D eigenvalue weighted by molar-refractivity contribution is -0.141. The monoisotopic (exact) mass is 243 g/mol. The second-order valence-electron chi connectivity index (χ2n) is 4.74. The molecule has 0 saturated carbocycles. The Morgan fingerprint density at radius 2 is 2.24 bits per heavy atom. The van der Waals surface area contributed by atoms with Gasteiger partial charge in [0, 0.05) is 12.6 Å². The zero-order valence-corrected chi connectivity index (χ0v) is 10.5. The number of carboxylic acids is 1. The number of hydrogen-bond acceptors (Lipinski definition) is 3. The van der Waals surface area contributed by atoms with E-state index in [4.69, 9.17) is 9.84 Å². The third-order valence-corrected chi connectivity index (χ3v) is 3.09. The van der Waals surface area contributed by atoms with E-state index in [2.05, 4.69) is 5.32 Å². The number of hydrogen-bond donors (Lipinski definition) is 2. The molecule has 1 rings (SSSR count). The van der Waals surface area contributed by atoms with Crippen LogP contribution in [0.3, 0.4) is 0 Å². The number of carboxylic acid groups (broad SMARTS) is 1. The zero-order valence-electron chi connectivity index (χ0n) is 10.5. The Bertz CT molecular complexity index is 284. The Labute approximate surface area is 102 Å². The van der Waals surface area contributed by atoms with Crippen molar-refractivity contribution in [3.63, 3.8) is 0 Å². The molecule has 1 amide bonds. The van der Waals surface area contributed by atoms with Crippen LogP contribution in [0.1, 0.15) is 46.0 Å². The van der Waals surface area contributed by atoms with E-state index in [0.29, 0.717) is 19.4 Å². The second kappa shape index (κ2) is 6.00. The molecule has 2 unspecified atom stereocenters. The maximum absolute atomic E-state index is 12.0. The molecule has 1 aliphatic rings.